The van der Waals surface area contributed by atoms with Crippen LogP contribution in [0, 0.1) is 0 Å². The number of hydrogen-bond donors (Lipinski definition) is 3. The van der Waals surface area contributed by atoms with E-state index in [1.54, 1.807) is 16.9 Å². The standard InChI is InChI=1S/C23H23N7O2/c24-17-6-4-15(5-7-17)19-13-26-22-20(14-27-30(22)21(19)25)16-2-1-3-18(12-16)28-8-10-29(11-9-28)23(31)32/h1-7,12-14H,8-11,24-25H2,(H,31,32). The Bertz CT molecular complexity index is 1290. The lowest BCUT2D eigenvalue weighted by Crippen LogP contribution is -2.48. The summed E-state index contributed by atoms with van der Waals surface area (Å²) >= 11 is 0. The highest BCUT2D eigenvalue weighted by Crippen LogP contribution is 2.32. The molecule has 1 aliphatic rings. The number of fused-ring (bicyclic) bond motifs is 1. The van der Waals surface area contributed by atoms with E-state index in [1.165, 1.54) is 4.90 Å². The summed E-state index contributed by atoms with van der Waals surface area (Å²) in [7, 11) is 0. The Hall–Kier alpha value is -4.27. The van der Waals surface area contributed by atoms with E-state index in [1.807, 2.05) is 42.5 Å². The molecule has 0 unspecified atom stereocenters. The fraction of sp³-hybridized carbons (Fsp3) is 0.174. The van der Waals surface area contributed by atoms with E-state index in [0.717, 1.165) is 27.9 Å². The molecule has 9 nitrogen and oxygen atoms in total. The summed E-state index contributed by atoms with van der Waals surface area (Å²) in [6, 6.07) is 15.6. The molecule has 0 bridgehead atoms. The van der Waals surface area contributed by atoms with Crippen LogP contribution in [-0.2, 0) is 0 Å². The molecule has 1 aliphatic heterocycles. The number of carboxylic acid groups (broad SMARTS) is 1. The summed E-state index contributed by atoms with van der Waals surface area (Å²) in [5.41, 5.74) is 18.2. The van der Waals surface area contributed by atoms with Crippen molar-refractivity contribution in [1.29, 1.82) is 0 Å². The van der Waals surface area contributed by atoms with Crippen molar-refractivity contribution in [3.63, 3.8) is 0 Å². The predicted octanol–water partition coefficient (Wildman–Crippen LogP) is 3.03. The van der Waals surface area contributed by atoms with Crippen molar-refractivity contribution >= 4 is 28.9 Å². The second-order valence-electron chi connectivity index (χ2n) is 7.78. The highest BCUT2D eigenvalue weighted by atomic mass is 16.4. The lowest BCUT2D eigenvalue weighted by molar-refractivity contribution is 0.142. The number of anilines is 3. The van der Waals surface area contributed by atoms with Gasteiger partial charge in [0.2, 0.25) is 0 Å². The number of aromatic nitrogens is 3. The molecule has 3 heterocycles. The molecule has 0 aliphatic carbocycles. The van der Waals surface area contributed by atoms with E-state index in [9.17, 15) is 4.79 Å². The summed E-state index contributed by atoms with van der Waals surface area (Å²) in [5, 5.41) is 13.7. The lowest BCUT2D eigenvalue weighted by Gasteiger charge is -2.34. The quantitative estimate of drug-likeness (QED) is 0.427. The maximum Gasteiger partial charge on any atom is 0.407 e. The number of amides is 1. The molecule has 0 radical (unpaired) electrons. The average molecular weight is 429 g/mol. The third-order valence-corrected chi connectivity index (χ3v) is 5.86. The molecule has 5 rings (SSSR count). The van der Waals surface area contributed by atoms with Crippen LogP contribution >= 0.6 is 0 Å². The van der Waals surface area contributed by atoms with E-state index in [0.29, 0.717) is 43.3 Å². The van der Waals surface area contributed by atoms with Crippen molar-refractivity contribution in [2.24, 2.45) is 0 Å². The fourth-order valence-electron chi connectivity index (χ4n) is 4.06. The number of nitrogen functional groups attached to an aromatic ring is 2. The van der Waals surface area contributed by atoms with E-state index in [-0.39, 0.29) is 0 Å². The molecule has 5 N–H and O–H groups in total. The lowest BCUT2D eigenvalue weighted by atomic mass is 10.1. The number of nitrogens with two attached hydrogens (primary N) is 2. The number of nitrogens with zero attached hydrogens (tertiary/aromatic N) is 5. The van der Waals surface area contributed by atoms with Crippen LogP contribution in [0.25, 0.3) is 27.9 Å². The van der Waals surface area contributed by atoms with Crippen molar-refractivity contribution < 1.29 is 9.90 Å². The van der Waals surface area contributed by atoms with Crippen LogP contribution in [0.2, 0.25) is 0 Å². The summed E-state index contributed by atoms with van der Waals surface area (Å²) in [6.07, 6.45) is 2.66. The minimum absolute atomic E-state index is 0.488. The molecule has 2 aromatic carbocycles. The van der Waals surface area contributed by atoms with Gasteiger partial charge in [0, 0.05) is 54.9 Å². The van der Waals surface area contributed by atoms with Crippen LogP contribution in [0.5, 0.6) is 0 Å². The molecule has 1 amide bonds. The molecule has 2 aromatic heterocycles. The van der Waals surface area contributed by atoms with Gasteiger partial charge < -0.3 is 26.4 Å². The molecule has 0 saturated carbocycles. The number of carbonyl (C=O) groups is 1. The number of benzene rings is 2. The second kappa shape index (κ2) is 7.77. The summed E-state index contributed by atoms with van der Waals surface area (Å²) in [5.74, 6) is 0.506. The molecule has 162 valence electrons. The summed E-state index contributed by atoms with van der Waals surface area (Å²) < 4.78 is 1.65. The van der Waals surface area contributed by atoms with E-state index in [4.69, 9.17) is 16.6 Å². The zero-order valence-electron chi connectivity index (χ0n) is 17.3. The predicted molar refractivity (Wildman–Crippen MR) is 124 cm³/mol. The normalized spacial score (nSPS) is 14.1. The smallest absolute Gasteiger partial charge is 0.407 e. The van der Waals surface area contributed by atoms with Gasteiger partial charge in [-0.15, -0.1) is 0 Å². The Balaban J connectivity index is 1.47. The summed E-state index contributed by atoms with van der Waals surface area (Å²) in [6.45, 7) is 2.28. The first-order valence-corrected chi connectivity index (χ1v) is 10.3. The highest BCUT2D eigenvalue weighted by Gasteiger charge is 2.21. The van der Waals surface area contributed by atoms with Gasteiger partial charge >= 0.3 is 6.09 Å². The van der Waals surface area contributed by atoms with Gasteiger partial charge in [0.15, 0.2) is 5.65 Å². The van der Waals surface area contributed by atoms with Crippen LogP contribution < -0.4 is 16.4 Å². The molecule has 1 fully saturated rings. The second-order valence-corrected chi connectivity index (χ2v) is 7.78. The molecule has 0 spiro atoms. The van der Waals surface area contributed by atoms with Gasteiger partial charge in [-0.1, -0.05) is 24.3 Å². The number of rotatable bonds is 3. The fourth-order valence-corrected chi connectivity index (χ4v) is 4.06. The Morgan fingerprint density at radius 3 is 2.38 bits per heavy atom. The van der Waals surface area contributed by atoms with Crippen LogP contribution in [0.4, 0.5) is 22.0 Å². The maximum atomic E-state index is 11.2. The van der Waals surface area contributed by atoms with Gasteiger partial charge in [-0.3, -0.25) is 0 Å². The van der Waals surface area contributed by atoms with Crippen LogP contribution in [-0.4, -0.2) is 56.9 Å². The topological polar surface area (TPSA) is 126 Å². The zero-order chi connectivity index (χ0) is 22.2. The van der Waals surface area contributed by atoms with Gasteiger partial charge in [-0.05, 0) is 35.4 Å². The van der Waals surface area contributed by atoms with Crippen molar-refractivity contribution in [3.8, 4) is 22.3 Å². The van der Waals surface area contributed by atoms with Gasteiger partial charge in [0.05, 0.1) is 6.20 Å². The van der Waals surface area contributed by atoms with Crippen LogP contribution in [0.3, 0.4) is 0 Å². The Labute approximate surface area is 184 Å². The van der Waals surface area contributed by atoms with Crippen LogP contribution in [0.15, 0.2) is 60.9 Å². The minimum Gasteiger partial charge on any atom is -0.465 e. The molecule has 9 heteroatoms. The van der Waals surface area contributed by atoms with Crippen molar-refractivity contribution in [1.82, 2.24) is 19.5 Å². The van der Waals surface area contributed by atoms with Crippen LogP contribution in [0.1, 0.15) is 0 Å². The number of hydrogen-bond acceptors (Lipinski definition) is 6. The van der Waals surface area contributed by atoms with Crippen molar-refractivity contribution in [2.45, 2.75) is 0 Å². The Morgan fingerprint density at radius 2 is 1.66 bits per heavy atom. The van der Waals surface area contributed by atoms with Crippen molar-refractivity contribution in [2.75, 3.05) is 42.5 Å². The molecule has 1 saturated heterocycles. The first-order chi connectivity index (χ1) is 15.5. The van der Waals surface area contributed by atoms with Gasteiger partial charge in [0.1, 0.15) is 5.82 Å². The van der Waals surface area contributed by atoms with Crippen molar-refractivity contribution in [3.05, 3.63) is 60.9 Å². The Morgan fingerprint density at radius 1 is 0.906 bits per heavy atom. The molecule has 32 heavy (non-hydrogen) atoms. The SMILES string of the molecule is Nc1ccc(-c2cnc3c(-c4cccc(N5CCN(C(=O)O)CC5)c4)cnn3c2N)cc1. The minimum atomic E-state index is -0.869. The van der Waals surface area contributed by atoms with Gasteiger partial charge in [-0.25, -0.2) is 9.78 Å². The monoisotopic (exact) mass is 429 g/mol. The number of piperazine rings is 1. The molecular weight excluding hydrogens is 406 g/mol. The zero-order valence-corrected chi connectivity index (χ0v) is 17.3. The third-order valence-electron chi connectivity index (χ3n) is 5.86. The highest BCUT2D eigenvalue weighted by molar-refractivity contribution is 5.83. The van der Waals surface area contributed by atoms with Gasteiger partial charge in [0.25, 0.3) is 0 Å². The van der Waals surface area contributed by atoms with Gasteiger partial charge in [-0.2, -0.15) is 9.61 Å². The first-order valence-electron chi connectivity index (χ1n) is 10.3. The largest absolute Gasteiger partial charge is 0.465 e. The maximum absolute atomic E-state index is 11.2. The van der Waals surface area contributed by atoms with E-state index >= 15 is 0 Å². The average Bonchev–Trinajstić information content (AvgIpc) is 3.25. The molecule has 4 aromatic rings. The van der Waals surface area contributed by atoms with E-state index in [2.05, 4.69) is 21.0 Å². The Kier molecular flexibility index (Phi) is 4.78. The summed E-state index contributed by atoms with van der Waals surface area (Å²) in [4.78, 5) is 19.4. The third kappa shape index (κ3) is 3.43. The molecular formula is C23H23N7O2. The van der Waals surface area contributed by atoms with E-state index < -0.39 is 6.09 Å². The first kappa shape index (κ1) is 19.7. The molecule has 0 atom stereocenters.